The van der Waals surface area contributed by atoms with Crippen LogP contribution in [-0.2, 0) is 11.2 Å². The van der Waals surface area contributed by atoms with E-state index in [4.69, 9.17) is 15.2 Å². The summed E-state index contributed by atoms with van der Waals surface area (Å²) in [4.78, 5) is 11.6. The number of hydrogen-bond donors (Lipinski definition) is 2. The summed E-state index contributed by atoms with van der Waals surface area (Å²) in [7, 11) is 0. The summed E-state index contributed by atoms with van der Waals surface area (Å²) in [5, 5.41) is 2.83. The van der Waals surface area contributed by atoms with Gasteiger partial charge in [-0.25, -0.2) is 0 Å². The van der Waals surface area contributed by atoms with Crippen molar-refractivity contribution in [1.29, 1.82) is 0 Å². The predicted octanol–water partition coefficient (Wildman–Crippen LogP) is 0.811. The summed E-state index contributed by atoms with van der Waals surface area (Å²) in [5.74, 6) is 1.52. The first-order chi connectivity index (χ1) is 8.70. The third-order valence-electron chi connectivity index (χ3n) is 2.86. The van der Waals surface area contributed by atoms with Crippen LogP contribution in [0.1, 0.15) is 18.9 Å². The van der Waals surface area contributed by atoms with Crippen LogP contribution in [-0.4, -0.2) is 25.3 Å². The van der Waals surface area contributed by atoms with Crippen LogP contribution in [0.5, 0.6) is 11.5 Å². The molecule has 2 rings (SSSR count). The third kappa shape index (κ3) is 2.92. The number of nitrogens with one attached hydrogen (secondary N) is 1. The van der Waals surface area contributed by atoms with Gasteiger partial charge in [0.15, 0.2) is 11.5 Å². The maximum Gasteiger partial charge on any atom is 0.231 e. The number of para-hydroxylation sites is 1. The zero-order chi connectivity index (χ0) is 13.0. The lowest BCUT2D eigenvalue weighted by molar-refractivity contribution is -0.121. The summed E-state index contributed by atoms with van der Waals surface area (Å²) in [6, 6.07) is 5.73. The topological polar surface area (TPSA) is 73.6 Å². The number of amides is 1. The van der Waals surface area contributed by atoms with Crippen LogP contribution in [0, 0.1) is 0 Å². The highest BCUT2D eigenvalue weighted by Gasteiger charge is 2.17. The van der Waals surface area contributed by atoms with Gasteiger partial charge in [0.1, 0.15) is 0 Å². The number of fused-ring (bicyclic) bond motifs is 1. The standard InChI is InChI=1S/C13H18N2O3/c1-9(7-14)15-12(16)6-5-10-3-2-4-11-13(10)18-8-17-11/h2-4,9H,5-8,14H2,1H3,(H,15,16). The monoisotopic (exact) mass is 250 g/mol. The van der Waals surface area contributed by atoms with Gasteiger partial charge in [-0.1, -0.05) is 12.1 Å². The maximum absolute atomic E-state index is 11.6. The molecular weight excluding hydrogens is 232 g/mol. The first-order valence-electron chi connectivity index (χ1n) is 6.07. The maximum atomic E-state index is 11.6. The average Bonchev–Trinajstić information content (AvgIpc) is 2.84. The van der Waals surface area contributed by atoms with E-state index in [1.54, 1.807) is 0 Å². The van der Waals surface area contributed by atoms with Gasteiger partial charge in [0.2, 0.25) is 12.7 Å². The summed E-state index contributed by atoms with van der Waals surface area (Å²) in [6.45, 7) is 2.58. The van der Waals surface area contributed by atoms with Crippen molar-refractivity contribution in [3.05, 3.63) is 23.8 Å². The van der Waals surface area contributed by atoms with Gasteiger partial charge in [0.05, 0.1) is 0 Å². The summed E-state index contributed by atoms with van der Waals surface area (Å²) < 4.78 is 10.7. The molecule has 0 radical (unpaired) electrons. The Kier molecular flexibility index (Phi) is 4.04. The van der Waals surface area contributed by atoms with E-state index < -0.39 is 0 Å². The first-order valence-corrected chi connectivity index (χ1v) is 6.07. The molecule has 1 atom stereocenters. The van der Waals surface area contributed by atoms with Crippen molar-refractivity contribution in [2.75, 3.05) is 13.3 Å². The van der Waals surface area contributed by atoms with Crippen LogP contribution in [0.2, 0.25) is 0 Å². The van der Waals surface area contributed by atoms with Gasteiger partial charge in [-0.2, -0.15) is 0 Å². The minimum Gasteiger partial charge on any atom is -0.454 e. The van der Waals surface area contributed by atoms with E-state index in [1.807, 2.05) is 25.1 Å². The number of rotatable bonds is 5. The summed E-state index contributed by atoms with van der Waals surface area (Å²) >= 11 is 0. The predicted molar refractivity (Wildman–Crippen MR) is 67.5 cm³/mol. The fourth-order valence-electron chi connectivity index (χ4n) is 1.84. The van der Waals surface area contributed by atoms with E-state index in [0.717, 1.165) is 17.1 Å². The Balaban J connectivity index is 1.91. The van der Waals surface area contributed by atoms with Crippen molar-refractivity contribution < 1.29 is 14.3 Å². The molecule has 1 heterocycles. The van der Waals surface area contributed by atoms with Gasteiger partial charge >= 0.3 is 0 Å². The van der Waals surface area contributed by atoms with Gasteiger partial charge in [-0.05, 0) is 25.0 Å². The molecular formula is C13H18N2O3. The molecule has 5 heteroatoms. The lowest BCUT2D eigenvalue weighted by Crippen LogP contribution is -2.37. The number of nitrogens with two attached hydrogens (primary N) is 1. The number of ether oxygens (including phenoxy) is 2. The lowest BCUT2D eigenvalue weighted by Gasteiger charge is -2.11. The molecule has 0 spiro atoms. The van der Waals surface area contributed by atoms with E-state index in [0.29, 0.717) is 19.4 Å². The molecule has 0 saturated heterocycles. The number of hydrogen-bond acceptors (Lipinski definition) is 4. The molecule has 0 aliphatic carbocycles. The Labute approximate surface area is 106 Å². The minimum atomic E-state index is 0.00414. The second kappa shape index (κ2) is 5.73. The summed E-state index contributed by atoms with van der Waals surface area (Å²) in [5.41, 5.74) is 6.45. The number of benzene rings is 1. The lowest BCUT2D eigenvalue weighted by atomic mass is 10.1. The smallest absolute Gasteiger partial charge is 0.231 e. The van der Waals surface area contributed by atoms with Crippen molar-refractivity contribution in [2.45, 2.75) is 25.8 Å². The third-order valence-corrected chi connectivity index (χ3v) is 2.86. The van der Waals surface area contributed by atoms with Gasteiger partial charge in [0, 0.05) is 19.0 Å². The van der Waals surface area contributed by atoms with Crippen molar-refractivity contribution in [2.24, 2.45) is 5.73 Å². The number of aryl methyl sites for hydroxylation is 1. The molecule has 1 aliphatic rings. The first kappa shape index (κ1) is 12.7. The molecule has 1 aliphatic heterocycles. The Morgan fingerprint density at radius 3 is 3.11 bits per heavy atom. The number of carbonyl (C=O) groups excluding carboxylic acids is 1. The zero-order valence-electron chi connectivity index (χ0n) is 10.4. The van der Waals surface area contributed by atoms with E-state index in [1.165, 1.54) is 0 Å². The minimum absolute atomic E-state index is 0.00414. The van der Waals surface area contributed by atoms with Crippen molar-refractivity contribution in [3.63, 3.8) is 0 Å². The zero-order valence-corrected chi connectivity index (χ0v) is 10.4. The molecule has 18 heavy (non-hydrogen) atoms. The van der Waals surface area contributed by atoms with Gasteiger partial charge < -0.3 is 20.5 Å². The second-order valence-corrected chi connectivity index (χ2v) is 4.36. The molecule has 0 bridgehead atoms. The molecule has 0 saturated carbocycles. The van der Waals surface area contributed by atoms with E-state index in [2.05, 4.69) is 5.32 Å². The Morgan fingerprint density at radius 2 is 2.33 bits per heavy atom. The van der Waals surface area contributed by atoms with Crippen molar-refractivity contribution >= 4 is 5.91 Å². The van der Waals surface area contributed by atoms with Crippen LogP contribution in [0.25, 0.3) is 0 Å². The normalized spacial score (nSPS) is 14.3. The Bertz CT molecular complexity index is 434. The Hall–Kier alpha value is -1.75. The Morgan fingerprint density at radius 1 is 1.50 bits per heavy atom. The van der Waals surface area contributed by atoms with E-state index in [-0.39, 0.29) is 18.7 Å². The van der Waals surface area contributed by atoms with Crippen LogP contribution >= 0.6 is 0 Å². The molecule has 1 aromatic carbocycles. The second-order valence-electron chi connectivity index (χ2n) is 4.36. The molecule has 98 valence electrons. The molecule has 1 amide bonds. The molecule has 5 nitrogen and oxygen atoms in total. The fraction of sp³-hybridized carbons (Fsp3) is 0.462. The van der Waals surface area contributed by atoms with E-state index in [9.17, 15) is 4.79 Å². The summed E-state index contributed by atoms with van der Waals surface area (Å²) in [6.07, 6.45) is 1.06. The fourth-order valence-corrected chi connectivity index (χ4v) is 1.84. The van der Waals surface area contributed by atoms with Crippen molar-refractivity contribution in [1.82, 2.24) is 5.32 Å². The average molecular weight is 250 g/mol. The molecule has 0 fully saturated rings. The van der Waals surface area contributed by atoms with Crippen LogP contribution in [0.15, 0.2) is 18.2 Å². The van der Waals surface area contributed by atoms with Crippen LogP contribution in [0.4, 0.5) is 0 Å². The van der Waals surface area contributed by atoms with Gasteiger partial charge in [-0.3, -0.25) is 4.79 Å². The van der Waals surface area contributed by atoms with Crippen LogP contribution in [0.3, 0.4) is 0 Å². The highest BCUT2D eigenvalue weighted by molar-refractivity contribution is 5.76. The molecule has 0 aromatic heterocycles. The highest BCUT2D eigenvalue weighted by Crippen LogP contribution is 2.35. The van der Waals surface area contributed by atoms with E-state index >= 15 is 0 Å². The molecule has 1 unspecified atom stereocenters. The molecule has 1 aromatic rings. The largest absolute Gasteiger partial charge is 0.454 e. The number of carbonyl (C=O) groups is 1. The van der Waals surface area contributed by atoms with Gasteiger partial charge in [-0.15, -0.1) is 0 Å². The van der Waals surface area contributed by atoms with Crippen molar-refractivity contribution in [3.8, 4) is 11.5 Å². The molecule has 3 N–H and O–H groups in total. The SMILES string of the molecule is CC(CN)NC(=O)CCc1cccc2c1OCO2. The quantitative estimate of drug-likeness (QED) is 0.811. The van der Waals surface area contributed by atoms with Gasteiger partial charge in [0.25, 0.3) is 0 Å². The van der Waals surface area contributed by atoms with Crippen LogP contribution < -0.4 is 20.5 Å². The highest BCUT2D eigenvalue weighted by atomic mass is 16.7.